The van der Waals surface area contributed by atoms with Crippen LogP contribution in [0, 0.1) is 17.8 Å². The van der Waals surface area contributed by atoms with Crippen molar-refractivity contribution in [2.45, 2.75) is 70.2 Å². The van der Waals surface area contributed by atoms with Crippen LogP contribution >= 0.6 is 12.0 Å². The van der Waals surface area contributed by atoms with Gasteiger partial charge in [-0.15, -0.1) is 0 Å². The number of hydrogen-bond donors (Lipinski definition) is 0. The molecule has 9 nitrogen and oxygen atoms in total. The number of ether oxygens (including phenoxy) is 3. The van der Waals surface area contributed by atoms with E-state index in [9.17, 15) is 28.4 Å². The van der Waals surface area contributed by atoms with Gasteiger partial charge in [-0.25, -0.2) is 4.79 Å². The number of halogens is 2. The maximum absolute atomic E-state index is 13.4. The van der Waals surface area contributed by atoms with E-state index in [4.69, 9.17) is 14.2 Å². The zero-order chi connectivity index (χ0) is 33.0. The summed E-state index contributed by atoms with van der Waals surface area (Å²) in [6.45, 7) is 0.332. The van der Waals surface area contributed by atoms with E-state index >= 15 is 0 Å². The molecular weight excluding hydrogens is 654 g/mol. The molecule has 3 aromatic rings. The fourth-order valence-electron chi connectivity index (χ4n) is 7.08. The molecule has 0 N–H and O–H groups in total. The third-order valence-corrected chi connectivity index (χ3v) is 11.5. The molecule has 3 unspecified atom stereocenters. The predicted octanol–water partition coefficient (Wildman–Crippen LogP) is 5.62. The lowest BCUT2D eigenvalue weighted by Crippen LogP contribution is -2.57. The summed E-state index contributed by atoms with van der Waals surface area (Å²) in [5.74, 6) is -1.16. The Morgan fingerprint density at radius 2 is 1.45 bits per heavy atom. The van der Waals surface area contributed by atoms with Gasteiger partial charge in [0, 0.05) is 11.8 Å². The molecule has 47 heavy (non-hydrogen) atoms. The summed E-state index contributed by atoms with van der Waals surface area (Å²) in [6.07, 6.45) is 2.78. The molecule has 4 aliphatic carbocycles. The topological polar surface area (TPSA) is 120 Å². The highest BCUT2D eigenvalue weighted by Crippen LogP contribution is 2.56. The Kier molecular flexibility index (Phi) is 10.2. The van der Waals surface area contributed by atoms with Crippen molar-refractivity contribution in [1.29, 1.82) is 0 Å². The second-order valence-corrected chi connectivity index (χ2v) is 14.9. The molecule has 3 aromatic carbocycles. The molecule has 4 bridgehead atoms. The summed E-state index contributed by atoms with van der Waals surface area (Å²) >= 11 is -0.694. The Morgan fingerprint density at radius 1 is 0.872 bits per heavy atom. The molecule has 5 fully saturated rings. The van der Waals surface area contributed by atoms with Crippen molar-refractivity contribution in [1.82, 2.24) is 0 Å². The lowest BCUT2D eigenvalue weighted by Gasteiger charge is -2.54. The van der Waals surface area contributed by atoms with Crippen LogP contribution in [0.2, 0.25) is 0 Å². The van der Waals surface area contributed by atoms with Gasteiger partial charge in [-0.1, -0.05) is 36.4 Å². The molecule has 8 rings (SSSR count). The third-order valence-electron chi connectivity index (χ3n) is 8.80. The number of cyclic esters (lactones) is 1. The molecule has 5 aliphatic rings. The van der Waals surface area contributed by atoms with Crippen LogP contribution in [0.4, 0.5) is 8.78 Å². The Morgan fingerprint density at radius 3 is 1.98 bits per heavy atom. The number of carbonyl (C=O) groups is 3. The molecular formula is C34H32F2O9S2. The van der Waals surface area contributed by atoms with Gasteiger partial charge >= 0.3 is 17.2 Å². The monoisotopic (exact) mass is 686 g/mol. The third kappa shape index (κ3) is 7.81. The normalized spacial score (nSPS) is 26.0. The fourth-order valence-corrected chi connectivity index (χ4v) is 9.39. The Labute approximate surface area is 277 Å². The molecule has 13 heteroatoms. The fraction of sp³-hybridized carbons (Fsp3) is 0.382. The number of alkyl halides is 2. The first-order chi connectivity index (χ1) is 22.6. The van der Waals surface area contributed by atoms with Gasteiger partial charge in [-0.3, -0.25) is 14.6 Å². The van der Waals surface area contributed by atoms with Gasteiger partial charge in [0.05, 0.1) is 17.3 Å². The summed E-state index contributed by atoms with van der Waals surface area (Å²) in [7, 11) is -0.167. The molecule has 1 saturated heterocycles. The first-order valence-corrected chi connectivity index (χ1v) is 17.2. The predicted molar refractivity (Wildman–Crippen MR) is 164 cm³/mol. The van der Waals surface area contributed by atoms with Crippen LogP contribution in [0.3, 0.4) is 0 Å². The van der Waals surface area contributed by atoms with E-state index in [1.54, 1.807) is 0 Å². The van der Waals surface area contributed by atoms with Gasteiger partial charge in [0.2, 0.25) is 0 Å². The smallest absolute Gasteiger partial charge is 0.415 e. The van der Waals surface area contributed by atoms with Crippen LogP contribution in [0.15, 0.2) is 99.6 Å². The van der Waals surface area contributed by atoms with Crippen molar-refractivity contribution >= 4 is 40.7 Å². The van der Waals surface area contributed by atoms with E-state index in [1.165, 1.54) is 14.7 Å². The lowest BCUT2D eigenvalue weighted by atomic mass is 9.53. The molecule has 248 valence electrons. The van der Waals surface area contributed by atoms with Gasteiger partial charge in [-0.2, -0.15) is 13.1 Å². The molecule has 0 amide bonds. The first-order valence-electron chi connectivity index (χ1n) is 15.2. The van der Waals surface area contributed by atoms with Gasteiger partial charge in [0.1, 0.15) is 41.9 Å². The van der Waals surface area contributed by atoms with Crippen molar-refractivity contribution < 1.29 is 52.0 Å². The second kappa shape index (κ2) is 14.3. The highest BCUT2D eigenvalue weighted by Gasteiger charge is 2.59. The van der Waals surface area contributed by atoms with Crippen molar-refractivity contribution in [2.24, 2.45) is 17.8 Å². The van der Waals surface area contributed by atoms with Crippen LogP contribution in [0.1, 0.15) is 38.5 Å². The zero-order valence-electron chi connectivity index (χ0n) is 25.1. The maximum Gasteiger partial charge on any atom is 0.415 e. The molecule has 0 radical (unpaired) electrons. The number of esters is 2. The van der Waals surface area contributed by atoms with Crippen LogP contribution in [-0.4, -0.2) is 41.3 Å². The highest BCUT2D eigenvalue weighted by molar-refractivity contribution is 7.97. The van der Waals surface area contributed by atoms with Gasteiger partial charge in [-0.05, 0) is 86.6 Å². The van der Waals surface area contributed by atoms with Gasteiger partial charge in [0.15, 0.2) is 14.7 Å². The van der Waals surface area contributed by atoms with Gasteiger partial charge < -0.3 is 19.5 Å². The van der Waals surface area contributed by atoms with Crippen molar-refractivity contribution in [3.63, 3.8) is 0 Å². The van der Waals surface area contributed by atoms with Crippen molar-refractivity contribution in [2.75, 3.05) is 6.61 Å². The molecule has 1 aliphatic heterocycles. The van der Waals surface area contributed by atoms with E-state index < -0.39 is 28.9 Å². The Balaban J connectivity index is 0.000000168. The minimum absolute atomic E-state index is 0.167. The molecule has 0 spiro atoms. The van der Waals surface area contributed by atoms with Crippen LogP contribution < -0.4 is 9.99 Å². The summed E-state index contributed by atoms with van der Waals surface area (Å²) in [5, 5.41) is 8.37. The van der Waals surface area contributed by atoms with Gasteiger partial charge in [0.25, 0.3) is 0 Å². The summed E-state index contributed by atoms with van der Waals surface area (Å²) in [4.78, 5) is 38.6. The number of benzene rings is 3. The minimum atomic E-state index is -4.03. The van der Waals surface area contributed by atoms with E-state index in [2.05, 4.69) is 70.0 Å². The number of rotatable bonds is 10. The number of carbonyl (C=O) groups excluding carboxylic acids is 3. The van der Waals surface area contributed by atoms with Crippen molar-refractivity contribution in [3.8, 4) is 5.75 Å². The summed E-state index contributed by atoms with van der Waals surface area (Å²) < 4.78 is 46.3. The standard InChI is InChI=1S/C22H19O3S.C12H14F2O6S/c23-22-15-18(16-24-22)25-17-11-13-21(14-12-17)26(19-7-3-1-4-8-19)20-9-5-2-6-10-20;13-12(14,21-20-19-17)10(16)18-11-3-6-1-7(4-11)9(15)8(2-6)5-11/h1-14,18H,15-16H2;6-8,17H,1-5H2/q+1;/p-1. The minimum Gasteiger partial charge on any atom is -0.691 e. The average Bonchev–Trinajstić information content (AvgIpc) is 3.48. The highest BCUT2D eigenvalue weighted by atomic mass is 32.2. The number of hydrogen-bond acceptors (Lipinski definition) is 10. The maximum atomic E-state index is 13.4. The average molecular weight is 687 g/mol. The molecule has 3 atom stereocenters. The second-order valence-electron chi connectivity index (χ2n) is 12.1. The Hall–Kier alpha value is -3.49. The van der Waals surface area contributed by atoms with Crippen molar-refractivity contribution in [3.05, 3.63) is 84.9 Å². The molecule has 1 heterocycles. The molecule has 0 aromatic heterocycles. The molecule has 4 saturated carbocycles. The summed E-state index contributed by atoms with van der Waals surface area (Å²) in [6, 6.07) is 29.2. The van der Waals surface area contributed by atoms with E-state index in [1.807, 2.05) is 24.3 Å². The SMILES string of the molecule is O=C1C2CC3CC1CC(OC(=O)C(F)(F)SOO[O-])(C3)C2.O=C1CC(Oc2ccc([S+](c3ccccc3)c3ccccc3)cc2)CO1. The Bertz CT molecular complexity index is 1500. The first kappa shape index (κ1) is 33.4. The largest absolute Gasteiger partial charge is 0.691 e. The van der Waals surface area contributed by atoms with Crippen LogP contribution in [-0.2, 0) is 44.1 Å². The zero-order valence-corrected chi connectivity index (χ0v) is 26.7. The van der Waals surface area contributed by atoms with E-state index in [0.29, 0.717) is 32.3 Å². The quantitative estimate of drug-likeness (QED) is 0.0874. The van der Waals surface area contributed by atoms with E-state index in [-0.39, 0.29) is 46.5 Å². The number of ketones is 1. The summed E-state index contributed by atoms with van der Waals surface area (Å²) in [5.41, 5.74) is -0.982. The number of Topliss-reactive ketones (excluding diaryl/α,β-unsaturated/α-hetero) is 1. The van der Waals surface area contributed by atoms with Crippen LogP contribution in [0.25, 0.3) is 0 Å². The lowest BCUT2D eigenvalue weighted by molar-refractivity contribution is -0.777. The van der Waals surface area contributed by atoms with E-state index in [0.717, 1.165) is 18.6 Å². The van der Waals surface area contributed by atoms with Crippen LogP contribution in [0.5, 0.6) is 5.75 Å².